The molecule has 2 heterocycles. The van der Waals surface area contributed by atoms with Crippen molar-refractivity contribution in [1.29, 1.82) is 0 Å². The maximum absolute atomic E-state index is 13.7. The van der Waals surface area contributed by atoms with Crippen LogP contribution in [0, 0.1) is 18.7 Å². The Kier molecular flexibility index (Phi) is 4.35. The molecule has 0 aliphatic rings. The minimum Gasteiger partial charge on any atom is -0.464 e. The molecule has 0 atom stereocenters. The summed E-state index contributed by atoms with van der Waals surface area (Å²) >= 11 is 0. The Balaban J connectivity index is 2.29. The Labute approximate surface area is 121 Å². The van der Waals surface area contributed by atoms with E-state index in [4.69, 9.17) is 4.42 Å². The monoisotopic (exact) mass is 294 g/mol. The van der Waals surface area contributed by atoms with Gasteiger partial charge in [-0.25, -0.2) is 9.37 Å². The fourth-order valence-corrected chi connectivity index (χ4v) is 1.96. The lowest BCUT2D eigenvalue weighted by Gasteiger charge is -2.26. The van der Waals surface area contributed by atoms with Gasteiger partial charge in [0.2, 0.25) is 5.95 Å². The topological polar surface area (TPSA) is 46.3 Å². The highest BCUT2D eigenvalue weighted by Crippen LogP contribution is 2.17. The summed E-state index contributed by atoms with van der Waals surface area (Å²) in [6.45, 7) is 5.57. The van der Waals surface area contributed by atoms with E-state index in [1.165, 1.54) is 11.0 Å². The molecule has 0 aromatic carbocycles. The van der Waals surface area contributed by atoms with Crippen molar-refractivity contribution in [2.24, 2.45) is 0 Å². The van der Waals surface area contributed by atoms with Crippen LogP contribution in [0.25, 0.3) is 0 Å². The van der Waals surface area contributed by atoms with Crippen molar-refractivity contribution < 1.29 is 18.0 Å². The molecule has 0 spiro atoms. The van der Waals surface area contributed by atoms with E-state index < -0.39 is 17.7 Å². The fourth-order valence-electron chi connectivity index (χ4n) is 1.96. The van der Waals surface area contributed by atoms with Crippen molar-refractivity contribution in [3.8, 4) is 0 Å². The number of halogens is 2. The number of rotatable bonds is 4. The van der Waals surface area contributed by atoms with Crippen molar-refractivity contribution in [1.82, 2.24) is 9.88 Å². The zero-order chi connectivity index (χ0) is 15.6. The predicted molar refractivity (Wildman–Crippen MR) is 72.6 cm³/mol. The largest absolute Gasteiger partial charge is 0.464 e. The highest BCUT2D eigenvalue weighted by molar-refractivity contribution is 5.94. The van der Waals surface area contributed by atoms with Gasteiger partial charge < -0.3 is 9.32 Å². The maximum atomic E-state index is 13.7. The lowest BCUT2D eigenvalue weighted by Crippen LogP contribution is -2.37. The highest BCUT2D eigenvalue weighted by Gasteiger charge is 2.24. The van der Waals surface area contributed by atoms with Crippen LogP contribution < -0.4 is 0 Å². The molecule has 0 saturated heterocycles. The predicted octanol–water partition coefficient (Wildman–Crippen LogP) is 3.31. The number of nitrogens with zero attached hydrogens (tertiary/aromatic N) is 2. The van der Waals surface area contributed by atoms with Gasteiger partial charge in [-0.15, -0.1) is 0 Å². The molecule has 2 aromatic heterocycles. The number of amides is 1. The lowest BCUT2D eigenvalue weighted by molar-refractivity contribution is 0.0669. The van der Waals surface area contributed by atoms with Crippen molar-refractivity contribution >= 4 is 5.91 Å². The van der Waals surface area contributed by atoms with Crippen LogP contribution in [0.15, 0.2) is 28.8 Å². The van der Waals surface area contributed by atoms with Gasteiger partial charge in [-0.2, -0.15) is 4.39 Å². The van der Waals surface area contributed by atoms with E-state index in [0.29, 0.717) is 5.76 Å². The molecule has 0 saturated carbocycles. The van der Waals surface area contributed by atoms with E-state index in [1.54, 1.807) is 32.9 Å². The average molecular weight is 294 g/mol. The van der Waals surface area contributed by atoms with Gasteiger partial charge in [0.25, 0.3) is 5.91 Å². The van der Waals surface area contributed by atoms with Crippen molar-refractivity contribution in [2.45, 2.75) is 33.4 Å². The lowest BCUT2D eigenvalue weighted by atomic mass is 10.2. The Morgan fingerprint density at radius 1 is 1.33 bits per heavy atom. The maximum Gasteiger partial charge on any atom is 0.257 e. The quantitative estimate of drug-likeness (QED) is 0.813. The van der Waals surface area contributed by atoms with Gasteiger partial charge >= 0.3 is 0 Å². The van der Waals surface area contributed by atoms with Gasteiger partial charge in [0, 0.05) is 12.2 Å². The van der Waals surface area contributed by atoms with Crippen LogP contribution in [0.4, 0.5) is 8.78 Å². The Bertz CT molecular complexity index is 653. The van der Waals surface area contributed by atoms with Crippen LogP contribution in [-0.4, -0.2) is 21.8 Å². The van der Waals surface area contributed by atoms with E-state index in [1.807, 2.05) is 0 Å². The number of carbonyl (C=O) groups is 1. The van der Waals surface area contributed by atoms with Gasteiger partial charge in [-0.3, -0.25) is 4.79 Å². The van der Waals surface area contributed by atoms with Gasteiger partial charge in [0.15, 0.2) is 5.82 Å². The summed E-state index contributed by atoms with van der Waals surface area (Å²) in [5.74, 6) is -1.80. The molecular weight excluding hydrogens is 278 g/mol. The zero-order valence-electron chi connectivity index (χ0n) is 12.1. The zero-order valence-corrected chi connectivity index (χ0v) is 12.1. The van der Waals surface area contributed by atoms with Crippen LogP contribution in [0.3, 0.4) is 0 Å². The molecule has 4 nitrogen and oxygen atoms in total. The number of carbonyl (C=O) groups excluding carboxylic acids is 1. The molecule has 2 aromatic rings. The molecule has 0 bridgehead atoms. The molecule has 0 fully saturated rings. The van der Waals surface area contributed by atoms with Gasteiger partial charge in [0.05, 0.1) is 12.1 Å². The van der Waals surface area contributed by atoms with E-state index in [-0.39, 0.29) is 18.2 Å². The molecule has 0 radical (unpaired) electrons. The van der Waals surface area contributed by atoms with Crippen LogP contribution in [0.5, 0.6) is 0 Å². The molecule has 0 aliphatic heterocycles. The molecule has 6 heteroatoms. The minimum absolute atomic E-state index is 0.188. The first-order valence-electron chi connectivity index (χ1n) is 6.56. The van der Waals surface area contributed by atoms with Crippen molar-refractivity contribution in [3.63, 3.8) is 0 Å². The molecule has 0 N–H and O–H groups in total. The third kappa shape index (κ3) is 3.26. The number of aromatic nitrogens is 1. The summed E-state index contributed by atoms with van der Waals surface area (Å²) in [5, 5.41) is 0. The number of pyridine rings is 1. The highest BCUT2D eigenvalue weighted by atomic mass is 19.2. The first-order valence-corrected chi connectivity index (χ1v) is 6.56. The second-order valence-corrected chi connectivity index (χ2v) is 5.00. The van der Waals surface area contributed by atoms with Gasteiger partial charge in [-0.05, 0) is 39.0 Å². The number of hydrogen-bond acceptors (Lipinski definition) is 3. The summed E-state index contributed by atoms with van der Waals surface area (Å²) in [7, 11) is 0. The van der Waals surface area contributed by atoms with E-state index in [9.17, 15) is 13.6 Å². The third-order valence-corrected chi connectivity index (χ3v) is 3.08. The number of hydrogen-bond donors (Lipinski definition) is 0. The van der Waals surface area contributed by atoms with Gasteiger partial charge in [-0.1, -0.05) is 0 Å². The molecule has 0 unspecified atom stereocenters. The number of aryl methyl sites for hydroxylation is 1. The Hall–Kier alpha value is -2.24. The molecule has 0 aliphatic carbocycles. The average Bonchev–Trinajstić information content (AvgIpc) is 2.84. The SMILES string of the molecule is Cc1ccc(CN(C(=O)c2ccnc(F)c2F)C(C)C)o1. The summed E-state index contributed by atoms with van der Waals surface area (Å²) in [5.41, 5.74) is -0.334. The minimum atomic E-state index is -1.28. The van der Waals surface area contributed by atoms with E-state index in [0.717, 1.165) is 12.0 Å². The van der Waals surface area contributed by atoms with Crippen molar-refractivity contribution in [2.75, 3.05) is 0 Å². The summed E-state index contributed by atoms with van der Waals surface area (Å²) in [6, 6.07) is 4.51. The second-order valence-electron chi connectivity index (χ2n) is 5.00. The van der Waals surface area contributed by atoms with Crippen LogP contribution in [-0.2, 0) is 6.54 Å². The summed E-state index contributed by atoms with van der Waals surface area (Å²) < 4.78 is 32.3. The van der Waals surface area contributed by atoms with Crippen LogP contribution in [0.1, 0.15) is 35.7 Å². The third-order valence-electron chi connectivity index (χ3n) is 3.08. The van der Waals surface area contributed by atoms with Crippen molar-refractivity contribution in [3.05, 3.63) is 53.2 Å². The van der Waals surface area contributed by atoms with Gasteiger partial charge in [0.1, 0.15) is 11.5 Å². The molecule has 21 heavy (non-hydrogen) atoms. The summed E-state index contributed by atoms with van der Waals surface area (Å²) in [6.07, 6.45) is 1.07. The second kappa shape index (κ2) is 6.03. The van der Waals surface area contributed by atoms with Crippen LogP contribution in [0.2, 0.25) is 0 Å². The molecule has 1 amide bonds. The standard InChI is InChI=1S/C15H16F2N2O2/c1-9(2)19(8-11-5-4-10(3)21-11)15(20)12-6-7-18-14(17)13(12)16/h4-7,9H,8H2,1-3H3. The first-order chi connectivity index (χ1) is 9.90. The molecule has 112 valence electrons. The van der Waals surface area contributed by atoms with Crippen LogP contribution >= 0.6 is 0 Å². The fraction of sp³-hybridized carbons (Fsp3) is 0.333. The Morgan fingerprint density at radius 3 is 2.62 bits per heavy atom. The number of furan rings is 1. The smallest absolute Gasteiger partial charge is 0.257 e. The molecule has 2 rings (SSSR count). The molecular formula is C15H16F2N2O2. The normalized spacial score (nSPS) is 11.0. The van der Waals surface area contributed by atoms with E-state index >= 15 is 0 Å². The first kappa shape index (κ1) is 15.2. The van der Waals surface area contributed by atoms with E-state index in [2.05, 4.69) is 4.98 Å². The summed E-state index contributed by atoms with van der Waals surface area (Å²) in [4.78, 5) is 17.0. The Morgan fingerprint density at radius 2 is 2.05 bits per heavy atom.